The van der Waals surface area contributed by atoms with Crippen LogP contribution in [0.1, 0.15) is 6.42 Å². The lowest BCUT2D eigenvalue weighted by Gasteiger charge is -2.28. The maximum absolute atomic E-state index is 10.1. The van der Waals surface area contributed by atoms with E-state index in [2.05, 4.69) is 9.97 Å². The van der Waals surface area contributed by atoms with Gasteiger partial charge in [-0.1, -0.05) is 18.2 Å². The van der Waals surface area contributed by atoms with Crippen LogP contribution in [0.15, 0.2) is 36.8 Å². The molecule has 17 heavy (non-hydrogen) atoms. The molecule has 0 unspecified atom stereocenters. The maximum Gasteiger partial charge on any atom is 0.314 e. The number of primary amides is 1. The third kappa shape index (κ3) is 2.90. The van der Waals surface area contributed by atoms with E-state index in [1.807, 2.05) is 30.5 Å². The fourth-order valence-corrected chi connectivity index (χ4v) is 1.46. The highest BCUT2D eigenvalue weighted by Crippen LogP contribution is 2.06. The van der Waals surface area contributed by atoms with Gasteiger partial charge in [0.25, 0.3) is 0 Å². The van der Waals surface area contributed by atoms with Crippen molar-refractivity contribution in [3.8, 4) is 0 Å². The summed E-state index contributed by atoms with van der Waals surface area (Å²) in [4.78, 5) is 19.7. The van der Waals surface area contributed by atoms with Gasteiger partial charge in [0.15, 0.2) is 0 Å². The Labute approximate surface area is 99.3 Å². The molecule has 1 aliphatic rings. The largest absolute Gasteiger partial charge is 0.351 e. The first-order valence-electron chi connectivity index (χ1n) is 5.46. The molecule has 2 heterocycles. The zero-order valence-corrected chi connectivity index (χ0v) is 9.41. The molecule has 1 aromatic heterocycles. The molecule has 0 atom stereocenters. The Morgan fingerprint density at radius 2 is 2.06 bits per heavy atom. The summed E-state index contributed by atoms with van der Waals surface area (Å²) < 4.78 is 0. The number of para-hydroxylation sites is 1. The Bertz CT molecular complexity index is 445. The summed E-state index contributed by atoms with van der Waals surface area (Å²) in [5, 5.41) is 1.09. The lowest BCUT2D eigenvalue weighted by atomic mass is 10.2. The Balaban J connectivity index is 0.000000136. The van der Waals surface area contributed by atoms with E-state index in [0.29, 0.717) is 0 Å². The Morgan fingerprint density at radius 3 is 2.59 bits per heavy atom. The van der Waals surface area contributed by atoms with Gasteiger partial charge in [-0.2, -0.15) is 0 Å². The maximum atomic E-state index is 10.1. The smallest absolute Gasteiger partial charge is 0.314 e. The number of benzene rings is 1. The average Bonchev–Trinajstić information content (AvgIpc) is 2.27. The third-order valence-corrected chi connectivity index (χ3v) is 2.58. The number of rotatable bonds is 0. The standard InChI is InChI=1S/C8H6N2.C4H8N2O/c1-2-4-8-7(3-1)5-9-6-10-8;5-4(7)6-2-1-3-6/h1-6H;1-3H2,(H2,5,7). The number of hydrogen-bond donors (Lipinski definition) is 1. The van der Waals surface area contributed by atoms with Crippen LogP contribution in [0.5, 0.6) is 0 Å². The van der Waals surface area contributed by atoms with Gasteiger partial charge < -0.3 is 10.6 Å². The molecule has 3 rings (SSSR count). The second-order valence-corrected chi connectivity index (χ2v) is 3.76. The minimum Gasteiger partial charge on any atom is -0.351 e. The normalized spacial score (nSPS) is 13.5. The summed E-state index contributed by atoms with van der Waals surface area (Å²) in [5.41, 5.74) is 5.88. The highest BCUT2D eigenvalue weighted by molar-refractivity contribution is 5.76. The van der Waals surface area contributed by atoms with Gasteiger partial charge in [-0.15, -0.1) is 0 Å². The van der Waals surface area contributed by atoms with E-state index in [4.69, 9.17) is 5.73 Å². The summed E-state index contributed by atoms with van der Waals surface area (Å²) in [5.74, 6) is 0. The van der Waals surface area contributed by atoms with Crippen LogP contribution in [0.3, 0.4) is 0 Å². The van der Waals surface area contributed by atoms with Gasteiger partial charge in [-0.3, -0.25) is 0 Å². The summed E-state index contributed by atoms with van der Waals surface area (Å²) in [6, 6.07) is 7.62. The summed E-state index contributed by atoms with van der Waals surface area (Å²) in [6.45, 7) is 1.71. The molecule has 1 aliphatic heterocycles. The number of nitrogens with two attached hydrogens (primary N) is 1. The molecule has 2 N–H and O–H groups in total. The van der Waals surface area contributed by atoms with Gasteiger partial charge in [0.2, 0.25) is 0 Å². The first kappa shape index (κ1) is 11.3. The van der Waals surface area contributed by atoms with Gasteiger partial charge in [0, 0.05) is 24.7 Å². The zero-order valence-electron chi connectivity index (χ0n) is 9.41. The first-order chi connectivity index (χ1) is 8.27. The number of likely N-dealkylation sites (tertiary alicyclic amines) is 1. The number of carbonyl (C=O) groups is 1. The molecule has 1 saturated heterocycles. The van der Waals surface area contributed by atoms with Gasteiger partial charge in [-0.05, 0) is 12.5 Å². The van der Waals surface area contributed by atoms with Crippen LogP contribution in [-0.4, -0.2) is 34.0 Å². The summed E-state index contributed by atoms with van der Waals surface area (Å²) in [7, 11) is 0. The van der Waals surface area contributed by atoms with Gasteiger partial charge in [0.05, 0.1) is 5.52 Å². The summed E-state index contributed by atoms with van der Waals surface area (Å²) in [6.07, 6.45) is 4.48. The van der Waals surface area contributed by atoms with Crippen molar-refractivity contribution in [1.82, 2.24) is 14.9 Å². The molecule has 0 saturated carbocycles. The molecule has 0 aliphatic carbocycles. The highest BCUT2D eigenvalue weighted by Gasteiger charge is 2.15. The fraction of sp³-hybridized carbons (Fsp3) is 0.250. The number of nitrogens with zero attached hydrogens (tertiary/aromatic N) is 3. The van der Waals surface area contributed by atoms with Crippen molar-refractivity contribution in [3.05, 3.63) is 36.8 Å². The van der Waals surface area contributed by atoms with E-state index in [9.17, 15) is 4.79 Å². The molecule has 0 radical (unpaired) electrons. The van der Waals surface area contributed by atoms with Crippen molar-refractivity contribution >= 4 is 16.9 Å². The Morgan fingerprint density at radius 1 is 1.29 bits per heavy atom. The quantitative estimate of drug-likeness (QED) is 0.743. The number of fused-ring (bicyclic) bond motifs is 1. The number of amides is 2. The summed E-state index contributed by atoms with van der Waals surface area (Å²) >= 11 is 0. The SMILES string of the molecule is NC(=O)N1CCC1.c1ccc2ncncc2c1. The van der Waals surface area contributed by atoms with Crippen LogP contribution in [0.4, 0.5) is 4.79 Å². The molecule has 5 nitrogen and oxygen atoms in total. The van der Waals surface area contributed by atoms with Crippen molar-refractivity contribution in [2.45, 2.75) is 6.42 Å². The zero-order chi connectivity index (χ0) is 12.1. The van der Waals surface area contributed by atoms with Crippen LogP contribution in [-0.2, 0) is 0 Å². The molecule has 88 valence electrons. The van der Waals surface area contributed by atoms with Crippen molar-refractivity contribution < 1.29 is 4.79 Å². The lowest BCUT2D eigenvalue weighted by Crippen LogP contribution is -2.45. The van der Waals surface area contributed by atoms with E-state index in [1.165, 1.54) is 0 Å². The minimum absolute atomic E-state index is 0.286. The van der Waals surface area contributed by atoms with Crippen LogP contribution < -0.4 is 5.73 Å². The third-order valence-electron chi connectivity index (χ3n) is 2.58. The number of aromatic nitrogens is 2. The molecule has 5 heteroatoms. The van der Waals surface area contributed by atoms with Gasteiger partial charge >= 0.3 is 6.03 Å². The molecule has 0 spiro atoms. The molecule has 2 aromatic rings. The van der Waals surface area contributed by atoms with E-state index in [1.54, 1.807) is 11.2 Å². The second-order valence-electron chi connectivity index (χ2n) is 3.76. The number of carbonyl (C=O) groups excluding carboxylic acids is 1. The van der Waals surface area contributed by atoms with Crippen molar-refractivity contribution in [2.24, 2.45) is 5.73 Å². The van der Waals surface area contributed by atoms with Crippen LogP contribution >= 0.6 is 0 Å². The fourth-order valence-electron chi connectivity index (χ4n) is 1.46. The molecule has 0 bridgehead atoms. The molecule has 2 amide bonds. The van der Waals surface area contributed by atoms with Crippen LogP contribution in [0.2, 0.25) is 0 Å². The second kappa shape index (κ2) is 5.25. The Kier molecular flexibility index (Phi) is 3.49. The van der Waals surface area contributed by atoms with Crippen LogP contribution in [0, 0.1) is 0 Å². The molecular weight excluding hydrogens is 216 g/mol. The monoisotopic (exact) mass is 230 g/mol. The van der Waals surface area contributed by atoms with E-state index < -0.39 is 0 Å². The van der Waals surface area contributed by atoms with E-state index >= 15 is 0 Å². The molecule has 1 fully saturated rings. The van der Waals surface area contributed by atoms with Gasteiger partial charge in [-0.25, -0.2) is 14.8 Å². The van der Waals surface area contributed by atoms with Crippen LogP contribution in [0.25, 0.3) is 10.9 Å². The predicted molar refractivity (Wildman–Crippen MR) is 65.3 cm³/mol. The van der Waals surface area contributed by atoms with Crippen molar-refractivity contribution in [1.29, 1.82) is 0 Å². The topological polar surface area (TPSA) is 72.1 Å². The minimum atomic E-state index is -0.286. The predicted octanol–water partition coefficient (Wildman–Crippen LogP) is 1.40. The van der Waals surface area contributed by atoms with E-state index in [-0.39, 0.29) is 6.03 Å². The molecular formula is C12H14N4O. The lowest BCUT2D eigenvalue weighted by molar-refractivity contribution is 0.177. The molecule has 1 aromatic carbocycles. The Hall–Kier alpha value is -2.17. The van der Waals surface area contributed by atoms with Crippen molar-refractivity contribution in [2.75, 3.05) is 13.1 Å². The number of hydrogen-bond acceptors (Lipinski definition) is 3. The van der Waals surface area contributed by atoms with Crippen molar-refractivity contribution in [3.63, 3.8) is 0 Å². The van der Waals surface area contributed by atoms with E-state index in [0.717, 1.165) is 30.4 Å². The van der Waals surface area contributed by atoms with Gasteiger partial charge in [0.1, 0.15) is 6.33 Å². The number of urea groups is 1. The average molecular weight is 230 g/mol. The first-order valence-corrected chi connectivity index (χ1v) is 5.46. The highest BCUT2D eigenvalue weighted by atomic mass is 16.2.